The van der Waals surface area contributed by atoms with Crippen LogP contribution in [0.1, 0.15) is 39.3 Å². The Morgan fingerprint density at radius 1 is 1.11 bits per heavy atom. The fourth-order valence-corrected chi connectivity index (χ4v) is 2.13. The molecular formula is C15H25NO2. The second-order valence-corrected chi connectivity index (χ2v) is 4.17. The Kier molecular flexibility index (Phi) is 6.76. The summed E-state index contributed by atoms with van der Waals surface area (Å²) in [6.07, 6.45) is 0.122. The highest BCUT2D eigenvalue weighted by Crippen LogP contribution is 2.28. The molecule has 102 valence electrons. The summed E-state index contributed by atoms with van der Waals surface area (Å²) < 4.78 is 11.4. The van der Waals surface area contributed by atoms with Crippen molar-refractivity contribution >= 4 is 0 Å². The first-order chi connectivity index (χ1) is 8.74. The van der Waals surface area contributed by atoms with Gasteiger partial charge in [0.05, 0.1) is 18.8 Å². The van der Waals surface area contributed by atoms with Gasteiger partial charge in [-0.3, -0.25) is 0 Å². The van der Waals surface area contributed by atoms with Crippen LogP contribution in [0, 0.1) is 0 Å². The molecule has 1 aromatic carbocycles. The number of likely N-dealkylation sites (N-methyl/N-ethyl adjacent to an activating group) is 1. The van der Waals surface area contributed by atoms with Gasteiger partial charge in [-0.15, -0.1) is 0 Å². The smallest absolute Gasteiger partial charge is 0.124 e. The van der Waals surface area contributed by atoms with E-state index in [0.717, 1.165) is 18.9 Å². The van der Waals surface area contributed by atoms with Crippen LogP contribution < -0.4 is 10.1 Å². The van der Waals surface area contributed by atoms with E-state index in [1.807, 2.05) is 32.0 Å². The predicted octanol–water partition coefficient (Wildman–Crippen LogP) is 3.16. The molecule has 0 saturated heterocycles. The van der Waals surface area contributed by atoms with E-state index in [1.54, 1.807) is 0 Å². The fraction of sp³-hybridized carbons (Fsp3) is 0.600. The Bertz CT molecular complexity index is 341. The Morgan fingerprint density at radius 3 is 2.44 bits per heavy atom. The van der Waals surface area contributed by atoms with E-state index in [1.165, 1.54) is 5.56 Å². The van der Waals surface area contributed by atoms with Crippen LogP contribution >= 0.6 is 0 Å². The molecule has 3 heteroatoms. The van der Waals surface area contributed by atoms with Crippen LogP contribution in [0.15, 0.2) is 24.3 Å². The number of rotatable bonds is 8. The topological polar surface area (TPSA) is 30.5 Å². The van der Waals surface area contributed by atoms with Gasteiger partial charge < -0.3 is 14.8 Å². The van der Waals surface area contributed by atoms with Crippen molar-refractivity contribution in [3.63, 3.8) is 0 Å². The van der Waals surface area contributed by atoms with E-state index in [-0.39, 0.29) is 12.1 Å². The SMILES string of the molecule is CCNC(c1ccccc1OCC)C(C)OCC. The number of ether oxygens (including phenoxy) is 2. The third-order valence-corrected chi connectivity index (χ3v) is 2.88. The van der Waals surface area contributed by atoms with E-state index < -0.39 is 0 Å². The van der Waals surface area contributed by atoms with Crippen molar-refractivity contribution in [2.45, 2.75) is 39.8 Å². The number of nitrogens with one attached hydrogen (secondary N) is 1. The lowest BCUT2D eigenvalue weighted by molar-refractivity contribution is 0.0468. The molecule has 0 saturated carbocycles. The third-order valence-electron chi connectivity index (χ3n) is 2.88. The van der Waals surface area contributed by atoms with E-state index in [2.05, 4.69) is 25.2 Å². The summed E-state index contributed by atoms with van der Waals surface area (Å²) in [5.74, 6) is 0.942. The van der Waals surface area contributed by atoms with Crippen molar-refractivity contribution in [3.05, 3.63) is 29.8 Å². The summed E-state index contributed by atoms with van der Waals surface area (Å²) in [6, 6.07) is 8.33. The van der Waals surface area contributed by atoms with Crippen molar-refractivity contribution in [2.75, 3.05) is 19.8 Å². The lowest BCUT2D eigenvalue weighted by Crippen LogP contribution is -2.32. The Hall–Kier alpha value is -1.06. The van der Waals surface area contributed by atoms with Crippen molar-refractivity contribution in [2.24, 2.45) is 0 Å². The minimum absolute atomic E-state index is 0.122. The lowest BCUT2D eigenvalue weighted by atomic mass is 10.0. The second kappa shape index (κ2) is 8.11. The first-order valence-electron chi connectivity index (χ1n) is 6.81. The fourth-order valence-electron chi connectivity index (χ4n) is 2.13. The molecule has 0 spiro atoms. The van der Waals surface area contributed by atoms with Gasteiger partial charge in [-0.25, -0.2) is 0 Å². The average molecular weight is 251 g/mol. The van der Waals surface area contributed by atoms with Gasteiger partial charge in [-0.05, 0) is 33.4 Å². The number of benzene rings is 1. The van der Waals surface area contributed by atoms with Gasteiger partial charge in [-0.2, -0.15) is 0 Å². The van der Waals surface area contributed by atoms with Crippen LogP contribution in [0.25, 0.3) is 0 Å². The highest BCUT2D eigenvalue weighted by molar-refractivity contribution is 5.36. The Labute approximate surface area is 110 Å². The Morgan fingerprint density at radius 2 is 1.83 bits per heavy atom. The summed E-state index contributed by atoms with van der Waals surface area (Å²) in [4.78, 5) is 0. The highest BCUT2D eigenvalue weighted by atomic mass is 16.5. The van der Waals surface area contributed by atoms with Crippen molar-refractivity contribution in [1.29, 1.82) is 0 Å². The van der Waals surface area contributed by atoms with Gasteiger partial charge in [0.2, 0.25) is 0 Å². The normalized spacial score (nSPS) is 14.2. The molecule has 0 aliphatic rings. The lowest BCUT2D eigenvalue weighted by Gasteiger charge is -2.26. The molecule has 3 nitrogen and oxygen atoms in total. The highest BCUT2D eigenvalue weighted by Gasteiger charge is 2.21. The molecule has 0 heterocycles. The molecule has 1 rings (SSSR count). The Balaban J connectivity index is 2.96. The molecule has 18 heavy (non-hydrogen) atoms. The first kappa shape index (κ1) is 15.0. The molecule has 0 aromatic heterocycles. The van der Waals surface area contributed by atoms with Crippen LogP contribution in [-0.2, 0) is 4.74 Å². The number of hydrogen-bond acceptors (Lipinski definition) is 3. The predicted molar refractivity (Wildman–Crippen MR) is 75.1 cm³/mol. The van der Waals surface area contributed by atoms with Crippen LogP contribution in [0.5, 0.6) is 5.75 Å². The summed E-state index contributed by atoms with van der Waals surface area (Å²) in [5.41, 5.74) is 1.17. The standard InChI is InChI=1S/C15H25NO2/c1-5-16-15(12(4)17-6-2)13-10-8-9-11-14(13)18-7-3/h8-12,15-16H,5-7H2,1-4H3. The van der Waals surface area contributed by atoms with E-state index in [9.17, 15) is 0 Å². The van der Waals surface area contributed by atoms with Gasteiger partial charge >= 0.3 is 0 Å². The summed E-state index contributed by atoms with van der Waals surface area (Å²) in [5, 5.41) is 3.48. The molecule has 0 amide bonds. The minimum atomic E-state index is 0.122. The minimum Gasteiger partial charge on any atom is -0.494 e. The molecule has 0 aliphatic carbocycles. The average Bonchev–Trinajstić information content (AvgIpc) is 2.37. The zero-order chi connectivity index (χ0) is 13.4. The third kappa shape index (κ3) is 4.00. The van der Waals surface area contributed by atoms with Gasteiger partial charge in [0.1, 0.15) is 5.75 Å². The largest absolute Gasteiger partial charge is 0.494 e. The van der Waals surface area contributed by atoms with Crippen LogP contribution in [0.2, 0.25) is 0 Å². The monoisotopic (exact) mass is 251 g/mol. The summed E-state index contributed by atoms with van der Waals surface area (Å²) in [7, 11) is 0. The maximum absolute atomic E-state index is 5.73. The van der Waals surface area contributed by atoms with Gasteiger partial charge in [0, 0.05) is 12.2 Å². The maximum Gasteiger partial charge on any atom is 0.124 e. The van der Waals surface area contributed by atoms with Crippen molar-refractivity contribution in [3.8, 4) is 5.75 Å². The summed E-state index contributed by atoms with van der Waals surface area (Å²) in [6.45, 7) is 10.5. The molecule has 0 radical (unpaired) electrons. The van der Waals surface area contributed by atoms with Gasteiger partial charge in [0.15, 0.2) is 0 Å². The zero-order valence-corrected chi connectivity index (χ0v) is 11.9. The van der Waals surface area contributed by atoms with Gasteiger partial charge in [0.25, 0.3) is 0 Å². The molecule has 0 fully saturated rings. The molecule has 1 aromatic rings. The zero-order valence-electron chi connectivity index (χ0n) is 11.9. The molecular weight excluding hydrogens is 226 g/mol. The van der Waals surface area contributed by atoms with Crippen LogP contribution in [0.3, 0.4) is 0 Å². The molecule has 1 N–H and O–H groups in total. The molecule has 0 bridgehead atoms. The molecule has 2 atom stereocenters. The van der Waals surface area contributed by atoms with Crippen molar-refractivity contribution in [1.82, 2.24) is 5.32 Å². The summed E-state index contributed by atoms with van der Waals surface area (Å²) >= 11 is 0. The quantitative estimate of drug-likeness (QED) is 0.770. The first-order valence-corrected chi connectivity index (χ1v) is 6.81. The van der Waals surface area contributed by atoms with Gasteiger partial charge in [-0.1, -0.05) is 25.1 Å². The number of para-hydroxylation sites is 1. The maximum atomic E-state index is 5.73. The van der Waals surface area contributed by atoms with Crippen LogP contribution in [0.4, 0.5) is 0 Å². The van der Waals surface area contributed by atoms with Crippen LogP contribution in [-0.4, -0.2) is 25.9 Å². The number of hydrogen-bond donors (Lipinski definition) is 1. The van der Waals surface area contributed by atoms with E-state index in [0.29, 0.717) is 6.61 Å². The van der Waals surface area contributed by atoms with E-state index in [4.69, 9.17) is 9.47 Å². The molecule has 2 unspecified atom stereocenters. The molecule has 0 aliphatic heterocycles. The van der Waals surface area contributed by atoms with E-state index >= 15 is 0 Å². The second-order valence-electron chi connectivity index (χ2n) is 4.17. The van der Waals surface area contributed by atoms with Crippen molar-refractivity contribution < 1.29 is 9.47 Å².